The summed E-state index contributed by atoms with van der Waals surface area (Å²) >= 11 is 0. The Morgan fingerprint density at radius 3 is 2.42 bits per heavy atom. The number of hydrogen-bond acceptors (Lipinski definition) is 7. The third-order valence-corrected chi connectivity index (χ3v) is 6.21. The molecule has 172 valence electrons. The molecule has 0 atom stereocenters. The monoisotopic (exact) mass is 450 g/mol. The summed E-state index contributed by atoms with van der Waals surface area (Å²) in [7, 11) is 3.45. The van der Waals surface area contributed by atoms with Crippen molar-refractivity contribution in [2.45, 2.75) is 13.3 Å². The molecule has 0 radical (unpaired) electrons. The molecule has 0 unspecified atom stereocenters. The minimum absolute atomic E-state index is 0.0377. The van der Waals surface area contributed by atoms with E-state index in [0.717, 1.165) is 13.1 Å². The normalized spacial score (nSPS) is 16.7. The van der Waals surface area contributed by atoms with Gasteiger partial charge in [0.05, 0.1) is 12.7 Å². The Labute approximate surface area is 190 Å². The molecule has 0 bridgehead atoms. The number of fused-ring (bicyclic) bond motifs is 1. The number of aliphatic hydroxyl groups excluding tert-OH is 1. The Kier molecular flexibility index (Phi) is 6.20. The van der Waals surface area contributed by atoms with Crippen LogP contribution in [0.2, 0.25) is 0 Å². The summed E-state index contributed by atoms with van der Waals surface area (Å²) in [5, 5.41) is 10.7. The lowest BCUT2D eigenvalue weighted by Crippen LogP contribution is -2.47. The zero-order valence-electron chi connectivity index (χ0n) is 18.9. The van der Waals surface area contributed by atoms with E-state index in [1.54, 1.807) is 37.3 Å². The second-order valence-corrected chi connectivity index (χ2v) is 8.28. The van der Waals surface area contributed by atoms with Gasteiger partial charge in [0.1, 0.15) is 17.5 Å². The summed E-state index contributed by atoms with van der Waals surface area (Å²) in [5.74, 6) is 0.0412. The maximum atomic E-state index is 12.9. The molecule has 0 saturated carbocycles. The van der Waals surface area contributed by atoms with Crippen LogP contribution in [0.3, 0.4) is 0 Å². The van der Waals surface area contributed by atoms with E-state index in [4.69, 9.17) is 9.15 Å². The van der Waals surface area contributed by atoms with Crippen LogP contribution in [0.25, 0.3) is 22.8 Å². The van der Waals surface area contributed by atoms with Crippen molar-refractivity contribution >= 4 is 23.8 Å². The number of rotatable bonds is 4. The molecule has 1 aromatic carbocycles. The number of methoxy groups -OCH3 is 1. The van der Waals surface area contributed by atoms with Crippen molar-refractivity contribution in [3.63, 3.8) is 0 Å². The van der Waals surface area contributed by atoms with Crippen LogP contribution in [0, 0.1) is 6.92 Å². The zero-order valence-corrected chi connectivity index (χ0v) is 18.9. The molecule has 1 saturated heterocycles. The van der Waals surface area contributed by atoms with Crippen molar-refractivity contribution in [3.8, 4) is 11.1 Å². The Balaban J connectivity index is 1.78. The average molecular weight is 450 g/mol. The standard InChI is InChI=1S/C25H26N2O6/c1-15-19-13-21(32-3)20(29)12-18(14-28)23(19)33-25(31)22(15)16-4-6-17(7-5-16)24(30)27-10-8-26(2)9-11-27/h4-7,13-14,29H,8-12H2,1-3H3. The number of hydrogen-bond donors (Lipinski definition) is 1. The molecular formula is C25H26N2O6. The Bertz CT molecular complexity index is 1310. The molecule has 2 aliphatic rings. The topological polar surface area (TPSA) is 100 Å². The molecule has 2 aromatic rings. The van der Waals surface area contributed by atoms with E-state index in [-0.39, 0.29) is 34.8 Å². The van der Waals surface area contributed by atoms with E-state index in [2.05, 4.69) is 4.90 Å². The quantitative estimate of drug-likeness (QED) is 0.693. The molecule has 1 N–H and O–H groups in total. The van der Waals surface area contributed by atoms with Gasteiger partial charge >= 0.3 is 5.63 Å². The average Bonchev–Trinajstić information content (AvgIpc) is 2.95. The minimum atomic E-state index is -0.600. The van der Waals surface area contributed by atoms with Crippen LogP contribution in [-0.4, -0.2) is 67.4 Å². The highest BCUT2D eigenvalue weighted by atomic mass is 16.5. The van der Waals surface area contributed by atoms with Crippen molar-refractivity contribution in [1.29, 1.82) is 0 Å². The van der Waals surface area contributed by atoms with Crippen molar-refractivity contribution in [3.05, 3.63) is 68.0 Å². The van der Waals surface area contributed by atoms with Crippen molar-refractivity contribution < 1.29 is 23.8 Å². The van der Waals surface area contributed by atoms with Gasteiger partial charge in [-0.25, -0.2) is 4.79 Å². The van der Waals surface area contributed by atoms with Crippen LogP contribution in [0.15, 0.2) is 45.0 Å². The molecular weight excluding hydrogens is 424 g/mol. The molecule has 1 aliphatic heterocycles. The van der Waals surface area contributed by atoms with Gasteiger partial charge in [-0.2, -0.15) is 0 Å². The van der Waals surface area contributed by atoms with E-state index in [1.165, 1.54) is 7.11 Å². The van der Waals surface area contributed by atoms with E-state index in [1.807, 2.05) is 11.9 Å². The van der Waals surface area contributed by atoms with Gasteiger partial charge in [0.15, 0.2) is 5.76 Å². The van der Waals surface area contributed by atoms with Gasteiger partial charge in [-0.05, 0) is 43.3 Å². The largest absolute Gasteiger partial charge is 0.508 e. The smallest absolute Gasteiger partial charge is 0.344 e. The van der Waals surface area contributed by atoms with Crippen LogP contribution >= 0.6 is 0 Å². The molecule has 2 heterocycles. The Hall–Kier alpha value is -3.65. The summed E-state index contributed by atoms with van der Waals surface area (Å²) in [6, 6.07) is 6.86. The SMILES string of the molecule is COC1=C(O)CC(C=O)=c2oc(=O)c(-c3ccc(C(=O)N4CCN(C)CC4)cc3)c(C)c2=C1. The van der Waals surface area contributed by atoms with Crippen LogP contribution in [0.4, 0.5) is 0 Å². The van der Waals surface area contributed by atoms with Crippen LogP contribution in [0.1, 0.15) is 22.3 Å². The van der Waals surface area contributed by atoms with Crippen LogP contribution in [0.5, 0.6) is 0 Å². The lowest BCUT2D eigenvalue weighted by molar-refractivity contribution is -0.103. The number of amides is 1. The molecule has 1 amide bonds. The van der Waals surface area contributed by atoms with Crippen LogP contribution < -0.4 is 16.3 Å². The van der Waals surface area contributed by atoms with Gasteiger partial charge in [0.25, 0.3) is 5.91 Å². The maximum Gasteiger partial charge on any atom is 0.344 e. The van der Waals surface area contributed by atoms with Gasteiger partial charge < -0.3 is 24.1 Å². The number of nitrogens with zero attached hydrogens (tertiary/aromatic N) is 2. The lowest BCUT2D eigenvalue weighted by atomic mass is 9.99. The number of aldehydes is 1. The van der Waals surface area contributed by atoms with E-state index < -0.39 is 5.63 Å². The first-order valence-corrected chi connectivity index (χ1v) is 10.7. The summed E-state index contributed by atoms with van der Waals surface area (Å²) in [5.41, 5.74) is 1.74. The first kappa shape index (κ1) is 22.5. The molecule has 1 aliphatic carbocycles. The van der Waals surface area contributed by atoms with E-state index >= 15 is 0 Å². The van der Waals surface area contributed by atoms with Gasteiger partial charge in [-0.3, -0.25) is 9.59 Å². The first-order valence-electron chi connectivity index (χ1n) is 10.7. The Morgan fingerprint density at radius 1 is 1.15 bits per heavy atom. The predicted octanol–water partition coefficient (Wildman–Crippen LogP) is 0.953. The van der Waals surface area contributed by atoms with E-state index in [9.17, 15) is 19.5 Å². The number of ether oxygens (including phenoxy) is 1. The second-order valence-electron chi connectivity index (χ2n) is 8.28. The molecule has 1 aromatic heterocycles. The molecule has 4 rings (SSSR count). The van der Waals surface area contributed by atoms with Gasteiger partial charge in [0, 0.05) is 49.0 Å². The third kappa shape index (κ3) is 4.21. The summed E-state index contributed by atoms with van der Waals surface area (Å²) in [6.07, 6.45) is 2.04. The number of likely N-dealkylation sites (N-methyl/N-ethyl adjacent to an activating group) is 1. The fourth-order valence-electron chi connectivity index (χ4n) is 4.21. The number of carbonyl (C=O) groups is 2. The first-order chi connectivity index (χ1) is 15.8. The van der Waals surface area contributed by atoms with Gasteiger partial charge in [0.2, 0.25) is 0 Å². The zero-order chi connectivity index (χ0) is 23.7. The summed E-state index contributed by atoms with van der Waals surface area (Å²) in [4.78, 5) is 41.4. The molecule has 1 fully saturated rings. The van der Waals surface area contributed by atoms with E-state index in [0.29, 0.717) is 46.8 Å². The third-order valence-electron chi connectivity index (χ3n) is 6.21. The fourth-order valence-corrected chi connectivity index (χ4v) is 4.21. The summed E-state index contributed by atoms with van der Waals surface area (Å²) in [6.45, 7) is 4.78. The molecule has 8 heteroatoms. The molecule has 8 nitrogen and oxygen atoms in total. The van der Waals surface area contributed by atoms with Crippen molar-refractivity contribution in [2.24, 2.45) is 0 Å². The highest BCUT2D eigenvalue weighted by Crippen LogP contribution is 2.21. The Morgan fingerprint density at radius 2 is 1.82 bits per heavy atom. The number of benzene rings is 1. The van der Waals surface area contributed by atoms with Crippen molar-refractivity contribution in [2.75, 3.05) is 40.3 Å². The van der Waals surface area contributed by atoms with Gasteiger partial charge in [-0.15, -0.1) is 0 Å². The number of aliphatic hydroxyl groups is 1. The highest BCUT2D eigenvalue weighted by Gasteiger charge is 2.22. The van der Waals surface area contributed by atoms with Gasteiger partial charge in [-0.1, -0.05) is 12.1 Å². The summed E-state index contributed by atoms with van der Waals surface area (Å²) < 4.78 is 10.8. The number of carbonyl (C=O) groups excluding carboxylic acids is 2. The van der Waals surface area contributed by atoms with Crippen molar-refractivity contribution in [1.82, 2.24) is 9.80 Å². The fraction of sp³-hybridized carbons (Fsp3) is 0.320. The lowest BCUT2D eigenvalue weighted by Gasteiger charge is -2.32. The van der Waals surface area contributed by atoms with Crippen LogP contribution in [-0.2, 0) is 9.53 Å². The second kappa shape index (κ2) is 9.07. The maximum absolute atomic E-state index is 12.9. The highest BCUT2D eigenvalue weighted by molar-refractivity contribution is 5.99. The number of piperazine rings is 1. The predicted molar refractivity (Wildman–Crippen MR) is 123 cm³/mol. The number of allylic oxidation sites excluding steroid dienone is 2. The molecule has 0 spiro atoms. The minimum Gasteiger partial charge on any atom is -0.508 e. The molecule has 33 heavy (non-hydrogen) atoms.